The van der Waals surface area contributed by atoms with Crippen LogP contribution in [0.5, 0.6) is 0 Å². The molecule has 5 nitrogen and oxygen atoms in total. The van der Waals surface area contributed by atoms with E-state index < -0.39 is 5.91 Å². The quantitative estimate of drug-likeness (QED) is 0.420. The summed E-state index contributed by atoms with van der Waals surface area (Å²) in [6, 6.07) is 29.1. The standard InChI is InChI=1S/C28H20N2O3/c1-18-11-14-21(15-12-18)30-27(32)23-16-13-20(17-24(23)28(30)33)26(31)29-25-10-6-5-9-22(25)19-7-3-2-4-8-19/h2-17H,1H3,(H,29,31). The van der Waals surface area contributed by atoms with E-state index >= 15 is 0 Å². The highest BCUT2D eigenvalue weighted by Gasteiger charge is 2.37. The van der Waals surface area contributed by atoms with Gasteiger partial charge in [0, 0.05) is 16.8 Å². The molecule has 33 heavy (non-hydrogen) atoms. The van der Waals surface area contributed by atoms with Crippen molar-refractivity contribution in [1.29, 1.82) is 0 Å². The summed E-state index contributed by atoms with van der Waals surface area (Å²) in [5, 5.41) is 2.94. The number of nitrogens with one attached hydrogen (secondary N) is 1. The first-order valence-electron chi connectivity index (χ1n) is 10.6. The van der Waals surface area contributed by atoms with Crippen LogP contribution in [-0.2, 0) is 0 Å². The number of benzene rings is 4. The summed E-state index contributed by atoms with van der Waals surface area (Å²) in [5.74, 6) is -1.17. The van der Waals surface area contributed by atoms with E-state index in [2.05, 4.69) is 5.32 Å². The normalized spacial score (nSPS) is 12.6. The Morgan fingerprint density at radius 1 is 0.697 bits per heavy atom. The Labute approximate surface area is 191 Å². The fourth-order valence-corrected chi connectivity index (χ4v) is 3.97. The predicted molar refractivity (Wildman–Crippen MR) is 129 cm³/mol. The van der Waals surface area contributed by atoms with E-state index in [0.717, 1.165) is 21.6 Å². The summed E-state index contributed by atoms with van der Waals surface area (Å²) >= 11 is 0. The molecule has 0 saturated carbocycles. The highest BCUT2D eigenvalue weighted by atomic mass is 16.2. The number of amides is 3. The Hall–Kier alpha value is -4.51. The zero-order valence-corrected chi connectivity index (χ0v) is 17.9. The minimum Gasteiger partial charge on any atom is -0.321 e. The van der Waals surface area contributed by atoms with Gasteiger partial charge in [0.15, 0.2) is 0 Å². The molecule has 1 aliphatic heterocycles. The molecule has 0 spiro atoms. The molecule has 1 aliphatic rings. The number of hydrogen-bond donors (Lipinski definition) is 1. The molecule has 1 N–H and O–H groups in total. The van der Waals surface area contributed by atoms with Gasteiger partial charge in [0.25, 0.3) is 17.7 Å². The fraction of sp³-hybridized carbons (Fsp3) is 0.0357. The monoisotopic (exact) mass is 432 g/mol. The molecule has 0 unspecified atom stereocenters. The van der Waals surface area contributed by atoms with Crippen LogP contribution in [0.3, 0.4) is 0 Å². The van der Waals surface area contributed by atoms with E-state index in [1.807, 2.05) is 73.7 Å². The molecule has 4 aromatic carbocycles. The summed E-state index contributed by atoms with van der Waals surface area (Å²) in [4.78, 5) is 40.1. The fourth-order valence-electron chi connectivity index (χ4n) is 3.97. The lowest BCUT2D eigenvalue weighted by Crippen LogP contribution is -2.29. The molecule has 5 rings (SSSR count). The first-order valence-corrected chi connectivity index (χ1v) is 10.6. The van der Waals surface area contributed by atoms with E-state index in [-0.39, 0.29) is 17.4 Å². The van der Waals surface area contributed by atoms with E-state index in [1.165, 1.54) is 6.07 Å². The first-order chi connectivity index (χ1) is 16.0. The second-order valence-electron chi connectivity index (χ2n) is 7.91. The van der Waals surface area contributed by atoms with Crippen molar-refractivity contribution < 1.29 is 14.4 Å². The lowest BCUT2D eigenvalue weighted by atomic mass is 10.0. The van der Waals surface area contributed by atoms with Gasteiger partial charge in [-0.2, -0.15) is 0 Å². The van der Waals surface area contributed by atoms with Gasteiger partial charge in [-0.1, -0.05) is 66.2 Å². The van der Waals surface area contributed by atoms with Crippen molar-refractivity contribution in [3.05, 3.63) is 119 Å². The second-order valence-corrected chi connectivity index (χ2v) is 7.91. The Bertz CT molecular complexity index is 1390. The molecule has 0 radical (unpaired) electrons. The molecule has 160 valence electrons. The molecular weight excluding hydrogens is 412 g/mol. The zero-order valence-electron chi connectivity index (χ0n) is 17.9. The number of carbonyl (C=O) groups is 3. The lowest BCUT2D eigenvalue weighted by molar-refractivity contribution is 0.0925. The maximum absolute atomic E-state index is 13.1. The van der Waals surface area contributed by atoms with Gasteiger partial charge in [0.05, 0.1) is 16.8 Å². The Balaban J connectivity index is 1.44. The number of anilines is 2. The molecule has 5 heteroatoms. The van der Waals surface area contributed by atoms with Crippen molar-refractivity contribution in [2.24, 2.45) is 0 Å². The molecule has 0 bridgehead atoms. The van der Waals surface area contributed by atoms with Crippen molar-refractivity contribution in [2.45, 2.75) is 6.92 Å². The number of para-hydroxylation sites is 1. The van der Waals surface area contributed by atoms with E-state index in [9.17, 15) is 14.4 Å². The van der Waals surface area contributed by atoms with Crippen LogP contribution in [0.4, 0.5) is 11.4 Å². The predicted octanol–water partition coefficient (Wildman–Crippen LogP) is 5.71. The van der Waals surface area contributed by atoms with Crippen LogP contribution >= 0.6 is 0 Å². The molecule has 0 atom stereocenters. The van der Waals surface area contributed by atoms with Gasteiger partial charge < -0.3 is 5.32 Å². The number of rotatable bonds is 4. The number of imide groups is 1. The maximum atomic E-state index is 13.1. The Morgan fingerprint density at radius 2 is 1.36 bits per heavy atom. The second kappa shape index (κ2) is 8.20. The minimum absolute atomic E-state index is 0.226. The zero-order chi connectivity index (χ0) is 22.9. The maximum Gasteiger partial charge on any atom is 0.266 e. The summed E-state index contributed by atoms with van der Waals surface area (Å²) in [7, 11) is 0. The number of carbonyl (C=O) groups excluding carboxylic acids is 3. The molecule has 3 amide bonds. The highest BCUT2D eigenvalue weighted by molar-refractivity contribution is 6.34. The average Bonchev–Trinajstić information content (AvgIpc) is 3.10. The molecule has 0 fully saturated rings. The summed E-state index contributed by atoms with van der Waals surface area (Å²) in [6.45, 7) is 1.94. The first kappa shape index (κ1) is 20.4. The highest BCUT2D eigenvalue weighted by Crippen LogP contribution is 2.31. The van der Waals surface area contributed by atoms with E-state index in [4.69, 9.17) is 0 Å². The Morgan fingerprint density at radius 3 is 2.12 bits per heavy atom. The summed E-state index contributed by atoms with van der Waals surface area (Å²) in [5.41, 5.74) is 4.91. The topological polar surface area (TPSA) is 66.5 Å². The van der Waals surface area contributed by atoms with Crippen LogP contribution in [-0.4, -0.2) is 17.7 Å². The summed E-state index contributed by atoms with van der Waals surface area (Å²) in [6.07, 6.45) is 0. The van der Waals surface area contributed by atoms with Crippen molar-refractivity contribution in [2.75, 3.05) is 10.2 Å². The number of hydrogen-bond acceptors (Lipinski definition) is 3. The molecule has 0 aromatic heterocycles. The van der Waals surface area contributed by atoms with Crippen molar-refractivity contribution in [3.8, 4) is 11.1 Å². The van der Waals surface area contributed by atoms with E-state index in [1.54, 1.807) is 24.3 Å². The van der Waals surface area contributed by atoms with Crippen molar-refractivity contribution >= 4 is 29.1 Å². The van der Waals surface area contributed by atoms with Gasteiger partial charge in [0.1, 0.15) is 0 Å². The SMILES string of the molecule is Cc1ccc(N2C(=O)c3ccc(C(=O)Nc4ccccc4-c4ccccc4)cc3C2=O)cc1. The Kier molecular flexibility index (Phi) is 5.07. The van der Waals surface area contributed by atoms with Gasteiger partial charge in [-0.3, -0.25) is 14.4 Å². The number of nitrogens with zero attached hydrogens (tertiary/aromatic N) is 1. The molecule has 0 aliphatic carbocycles. The third kappa shape index (κ3) is 3.70. The van der Waals surface area contributed by atoms with Gasteiger partial charge in [-0.25, -0.2) is 4.90 Å². The largest absolute Gasteiger partial charge is 0.321 e. The third-order valence-corrected chi connectivity index (χ3v) is 5.70. The van der Waals surface area contributed by atoms with Crippen LogP contribution in [0.25, 0.3) is 11.1 Å². The van der Waals surface area contributed by atoms with Crippen molar-refractivity contribution in [3.63, 3.8) is 0 Å². The number of fused-ring (bicyclic) bond motifs is 1. The van der Waals surface area contributed by atoms with Crippen LogP contribution < -0.4 is 10.2 Å². The minimum atomic E-state index is -0.432. The smallest absolute Gasteiger partial charge is 0.266 e. The molecule has 1 heterocycles. The number of aryl methyl sites for hydroxylation is 1. The van der Waals surface area contributed by atoms with Crippen molar-refractivity contribution in [1.82, 2.24) is 0 Å². The lowest BCUT2D eigenvalue weighted by Gasteiger charge is -2.13. The van der Waals surface area contributed by atoms with Crippen LogP contribution in [0.1, 0.15) is 36.6 Å². The van der Waals surface area contributed by atoms with Crippen LogP contribution in [0.2, 0.25) is 0 Å². The van der Waals surface area contributed by atoms with Crippen LogP contribution in [0.15, 0.2) is 97.1 Å². The van der Waals surface area contributed by atoms with Gasteiger partial charge >= 0.3 is 0 Å². The third-order valence-electron chi connectivity index (χ3n) is 5.70. The average molecular weight is 432 g/mol. The van der Waals surface area contributed by atoms with E-state index in [0.29, 0.717) is 22.5 Å². The van der Waals surface area contributed by atoms with Crippen LogP contribution in [0, 0.1) is 6.92 Å². The van der Waals surface area contributed by atoms with Gasteiger partial charge in [-0.15, -0.1) is 0 Å². The molecular formula is C28H20N2O3. The van der Waals surface area contributed by atoms with Gasteiger partial charge in [-0.05, 0) is 48.9 Å². The van der Waals surface area contributed by atoms with Gasteiger partial charge in [0.2, 0.25) is 0 Å². The summed E-state index contributed by atoms with van der Waals surface area (Å²) < 4.78 is 0. The molecule has 0 saturated heterocycles. The molecule has 4 aromatic rings.